The van der Waals surface area contributed by atoms with Crippen LogP contribution >= 0.6 is 0 Å². The molecule has 0 bridgehead atoms. The van der Waals surface area contributed by atoms with Crippen molar-refractivity contribution in [2.45, 2.75) is 39.5 Å². The smallest absolute Gasteiger partial charge is 0.422 e. The highest BCUT2D eigenvalue weighted by Crippen LogP contribution is 2.31. The van der Waals surface area contributed by atoms with Crippen molar-refractivity contribution in [2.75, 3.05) is 6.61 Å². The predicted molar refractivity (Wildman–Crippen MR) is 110 cm³/mol. The number of benzene rings is 1. The van der Waals surface area contributed by atoms with Crippen LogP contribution in [0.3, 0.4) is 0 Å². The number of halogens is 5. The monoisotopic (exact) mass is 456 g/mol. The number of hydrogen-bond acceptors (Lipinski definition) is 5. The molecule has 1 heterocycles. The minimum absolute atomic E-state index is 0.0488. The van der Waals surface area contributed by atoms with Crippen molar-refractivity contribution in [1.82, 2.24) is 5.32 Å². The summed E-state index contributed by atoms with van der Waals surface area (Å²) in [5.41, 5.74) is 2.10. The van der Waals surface area contributed by atoms with Gasteiger partial charge in [-0.2, -0.15) is 22.0 Å². The number of hydrogen-bond donors (Lipinski definition) is 1. The van der Waals surface area contributed by atoms with Crippen molar-refractivity contribution in [3.8, 4) is 5.75 Å². The van der Waals surface area contributed by atoms with Crippen molar-refractivity contribution in [2.24, 2.45) is 4.99 Å². The molecule has 2 rings (SSSR count). The predicted octanol–water partition coefficient (Wildman–Crippen LogP) is 5.56. The highest BCUT2D eigenvalue weighted by molar-refractivity contribution is 5.98. The molecule has 0 saturated carbocycles. The van der Waals surface area contributed by atoms with Crippen LogP contribution in [0.1, 0.15) is 32.3 Å². The second-order valence-corrected chi connectivity index (χ2v) is 6.62. The minimum atomic E-state index is -4.50. The van der Waals surface area contributed by atoms with E-state index >= 15 is 0 Å². The van der Waals surface area contributed by atoms with E-state index in [0.717, 1.165) is 0 Å². The largest absolute Gasteiger partial charge is 0.468 e. The Hall–Kier alpha value is -3.39. The van der Waals surface area contributed by atoms with E-state index < -0.39 is 19.4 Å². The number of ether oxygens (including phenoxy) is 2. The zero-order chi connectivity index (χ0) is 23.7. The molecule has 1 aromatic carbocycles. The number of nitrogens with zero attached hydrogens (tertiary/aromatic N) is 1. The summed E-state index contributed by atoms with van der Waals surface area (Å²) < 4.78 is 71.3. The summed E-state index contributed by atoms with van der Waals surface area (Å²) in [5.74, 6) is 1.55. The van der Waals surface area contributed by atoms with Crippen LogP contribution in [0.4, 0.5) is 22.0 Å². The molecule has 1 aliphatic heterocycles. The molecule has 1 aliphatic rings. The average Bonchev–Trinajstić information content (AvgIpc) is 2.73. The molecule has 0 amide bonds. The first-order valence-electron chi connectivity index (χ1n) is 9.57. The number of dihydropyridines is 1. The first-order valence-corrected chi connectivity index (χ1v) is 9.57. The van der Waals surface area contributed by atoms with Gasteiger partial charge in [-0.1, -0.05) is 25.5 Å². The number of carbonyl (C=O) groups excluding carboxylic acids is 1. The van der Waals surface area contributed by atoms with Crippen molar-refractivity contribution in [3.63, 3.8) is 0 Å². The molecule has 0 aromatic heterocycles. The lowest BCUT2D eigenvalue weighted by molar-refractivity contribution is -0.165. The number of allylic oxidation sites excluding steroid dienone is 4. The Kier molecular flexibility index (Phi) is 8.78. The molecule has 5 nitrogen and oxygen atoms in total. The number of unbranched alkanes of at least 4 members (excludes halogenated alkanes) is 1. The minimum Gasteiger partial charge on any atom is -0.468 e. The number of rotatable bonds is 9. The topological polar surface area (TPSA) is 59.9 Å². The van der Waals surface area contributed by atoms with Crippen LogP contribution in [-0.2, 0) is 9.53 Å². The summed E-state index contributed by atoms with van der Waals surface area (Å²) in [6, 6.07) is 5.64. The normalized spacial score (nSPS) is 15.1. The lowest BCUT2D eigenvalue weighted by Gasteiger charge is -2.20. The van der Waals surface area contributed by atoms with E-state index in [9.17, 15) is 26.7 Å². The summed E-state index contributed by atoms with van der Waals surface area (Å²) in [7, 11) is 0. The van der Waals surface area contributed by atoms with Gasteiger partial charge in [-0.25, -0.2) is 9.79 Å². The lowest BCUT2D eigenvalue weighted by atomic mass is 9.92. The van der Waals surface area contributed by atoms with Gasteiger partial charge in [-0.15, -0.1) is 0 Å². The summed E-state index contributed by atoms with van der Waals surface area (Å²) in [6.45, 7) is -0.897. The molecular formula is C22H21F5N2O3. The molecule has 0 atom stereocenters. The third kappa shape index (κ3) is 7.39. The van der Waals surface area contributed by atoms with Gasteiger partial charge >= 0.3 is 12.8 Å². The van der Waals surface area contributed by atoms with Crippen LogP contribution < -0.4 is 10.1 Å². The van der Waals surface area contributed by atoms with Crippen LogP contribution in [0.15, 0.2) is 64.3 Å². The van der Waals surface area contributed by atoms with Crippen LogP contribution in [0.2, 0.25) is 0 Å². The molecule has 172 valence electrons. The van der Waals surface area contributed by atoms with E-state index in [1.165, 1.54) is 42.8 Å². The first-order chi connectivity index (χ1) is 15.1. The Labute approximate surface area is 181 Å². The average molecular weight is 456 g/mol. The van der Waals surface area contributed by atoms with Gasteiger partial charge in [0.1, 0.15) is 11.4 Å². The van der Waals surface area contributed by atoms with Gasteiger partial charge < -0.3 is 14.8 Å². The summed E-state index contributed by atoms with van der Waals surface area (Å²) in [6.07, 6.45) is 0.901. The van der Waals surface area contributed by atoms with Gasteiger partial charge in [0.15, 0.2) is 12.5 Å². The third-order valence-electron chi connectivity index (χ3n) is 4.22. The summed E-state index contributed by atoms with van der Waals surface area (Å²) in [5, 5.41) is 2.76. The SMILES string of the molecule is CCC/C=C(/N=C\C1=CNC(=C=O)C(c2ccc(OC(F)F)cc2)=C1C)OCC(F)(F)F. The molecule has 0 radical (unpaired) electrons. The molecule has 1 aromatic rings. The van der Waals surface area contributed by atoms with Crippen LogP contribution in [0, 0.1) is 0 Å². The van der Waals surface area contributed by atoms with E-state index in [4.69, 9.17) is 4.74 Å². The van der Waals surface area contributed by atoms with E-state index in [0.29, 0.717) is 35.1 Å². The molecule has 0 saturated heterocycles. The van der Waals surface area contributed by atoms with E-state index in [1.54, 1.807) is 12.9 Å². The fourth-order valence-electron chi connectivity index (χ4n) is 2.75. The molecule has 10 heteroatoms. The van der Waals surface area contributed by atoms with Gasteiger partial charge in [-0.3, -0.25) is 0 Å². The summed E-state index contributed by atoms with van der Waals surface area (Å²) >= 11 is 0. The fourth-order valence-corrected chi connectivity index (χ4v) is 2.75. The zero-order valence-electron chi connectivity index (χ0n) is 17.3. The number of nitrogens with one attached hydrogen (secondary N) is 1. The highest BCUT2D eigenvalue weighted by atomic mass is 19.4. The Morgan fingerprint density at radius 1 is 1.25 bits per heavy atom. The molecule has 32 heavy (non-hydrogen) atoms. The van der Waals surface area contributed by atoms with E-state index in [2.05, 4.69) is 15.0 Å². The maximum Gasteiger partial charge on any atom is 0.422 e. The van der Waals surface area contributed by atoms with Gasteiger partial charge in [0.25, 0.3) is 0 Å². The van der Waals surface area contributed by atoms with E-state index in [-0.39, 0.29) is 17.3 Å². The Bertz CT molecular complexity index is 970. The second kappa shape index (κ2) is 11.3. The zero-order valence-corrected chi connectivity index (χ0v) is 17.3. The Balaban J connectivity index is 2.33. The quantitative estimate of drug-likeness (QED) is 0.229. The molecular weight excluding hydrogens is 435 g/mol. The van der Waals surface area contributed by atoms with E-state index in [1.807, 2.05) is 6.92 Å². The molecule has 0 spiro atoms. The molecule has 0 aliphatic carbocycles. The molecule has 0 unspecified atom stereocenters. The van der Waals surface area contributed by atoms with Gasteiger partial charge in [0.05, 0.1) is 0 Å². The fraction of sp³-hybridized carbons (Fsp3) is 0.318. The first kappa shape index (κ1) is 24.9. The van der Waals surface area contributed by atoms with Gasteiger partial charge in [-0.05, 0) is 42.7 Å². The maximum absolute atomic E-state index is 12.5. The Morgan fingerprint density at radius 2 is 1.94 bits per heavy atom. The van der Waals surface area contributed by atoms with Crippen molar-refractivity contribution >= 4 is 17.7 Å². The second-order valence-electron chi connectivity index (χ2n) is 6.62. The third-order valence-corrected chi connectivity index (χ3v) is 4.22. The van der Waals surface area contributed by atoms with Crippen molar-refractivity contribution < 1.29 is 36.2 Å². The molecule has 0 fully saturated rings. The maximum atomic E-state index is 12.5. The standard InChI is InChI=1S/C22H21F5N2O3/c1-3-4-5-19(31-13-22(25,26)27)29-11-16-10-28-18(12-30)20(14(16)2)15-6-8-17(9-7-15)32-21(23)24/h5-11,21,28H,3-4,13H2,1-2H3/b19-5-,29-11-. The van der Waals surface area contributed by atoms with Crippen molar-refractivity contribution in [3.05, 3.63) is 64.8 Å². The van der Waals surface area contributed by atoms with Gasteiger partial charge in [0.2, 0.25) is 5.88 Å². The van der Waals surface area contributed by atoms with Gasteiger partial charge in [0, 0.05) is 23.6 Å². The molecule has 1 N–H and O–H groups in total. The number of alkyl halides is 5. The highest BCUT2D eigenvalue weighted by Gasteiger charge is 2.28. The van der Waals surface area contributed by atoms with Crippen LogP contribution in [0.5, 0.6) is 5.75 Å². The number of aliphatic imine (C=N–C) groups is 1. The lowest BCUT2D eigenvalue weighted by Crippen LogP contribution is -2.17. The van der Waals surface area contributed by atoms with Crippen LogP contribution in [-0.4, -0.2) is 31.6 Å². The Morgan fingerprint density at radius 3 is 2.50 bits per heavy atom. The summed E-state index contributed by atoms with van der Waals surface area (Å²) in [4.78, 5) is 15.4. The van der Waals surface area contributed by atoms with Crippen LogP contribution in [0.25, 0.3) is 5.57 Å². The van der Waals surface area contributed by atoms with Crippen molar-refractivity contribution in [1.29, 1.82) is 0 Å².